The van der Waals surface area contributed by atoms with Crippen LogP contribution in [-0.4, -0.2) is 24.0 Å². The summed E-state index contributed by atoms with van der Waals surface area (Å²) in [5.74, 6) is 1.75. The first-order chi connectivity index (χ1) is 16.0. The van der Waals surface area contributed by atoms with E-state index in [0.29, 0.717) is 41.1 Å². The minimum atomic E-state index is -0.653. The number of aliphatic hydroxyl groups is 1. The lowest BCUT2D eigenvalue weighted by molar-refractivity contribution is -0.124. The summed E-state index contributed by atoms with van der Waals surface area (Å²) in [5, 5.41) is 11.2. The molecule has 0 radical (unpaired) electrons. The van der Waals surface area contributed by atoms with Crippen LogP contribution in [0.2, 0.25) is 5.02 Å². The highest BCUT2D eigenvalue weighted by atomic mass is 35.5. The third kappa shape index (κ3) is 3.24. The van der Waals surface area contributed by atoms with Crippen LogP contribution in [0.3, 0.4) is 0 Å². The molecule has 1 heterocycles. The Kier molecular flexibility index (Phi) is 4.89. The Morgan fingerprint density at radius 3 is 2.24 bits per heavy atom. The number of carbonyl (C=O) groups is 2. The van der Waals surface area contributed by atoms with Crippen LogP contribution in [-0.2, 0) is 16.0 Å². The predicted octanol–water partition coefficient (Wildman–Crippen LogP) is 4.57. The van der Waals surface area contributed by atoms with E-state index in [1.165, 1.54) is 4.90 Å². The number of halogens is 1. The van der Waals surface area contributed by atoms with Crippen molar-refractivity contribution in [2.75, 3.05) is 12.0 Å². The standard InChI is InChI=1S/C27H26ClNO4/c1-33-23-11-3-14(12-21(23)28)2-10-22(30)15-4-6-16(7-5-15)29-26(31)24-17-8-9-18(20-13-19(17)20)25(24)27(29)32/h3-9,11-12,17-20,22,24-25,30H,2,10,13H2,1H3. The second-order valence-corrected chi connectivity index (χ2v) is 10.2. The van der Waals surface area contributed by atoms with Gasteiger partial charge in [0.15, 0.2) is 0 Å². The molecule has 33 heavy (non-hydrogen) atoms. The predicted molar refractivity (Wildman–Crippen MR) is 125 cm³/mol. The van der Waals surface area contributed by atoms with Crippen molar-refractivity contribution in [1.29, 1.82) is 0 Å². The molecule has 7 rings (SSSR count). The molecule has 7 unspecified atom stereocenters. The highest BCUT2D eigenvalue weighted by molar-refractivity contribution is 6.32. The van der Waals surface area contributed by atoms with E-state index in [4.69, 9.17) is 16.3 Å². The van der Waals surface area contributed by atoms with Crippen LogP contribution in [0.15, 0.2) is 54.6 Å². The van der Waals surface area contributed by atoms with Gasteiger partial charge >= 0.3 is 0 Å². The normalized spacial score (nSPS) is 32.0. The third-order valence-electron chi connectivity index (χ3n) is 8.12. The fourth-order valence-electron chi connectivity index (χ4n) is 6.39. The van der Waals surface area contributed by atoms with Gasteiger partial charge in [0, 0.05) is 0 Å². The zero-order chi connectivity index (χ0) is 22.9. The lowest BCUT2D eigenvalue weighted by Crippen LogP contribution is -2.40. The van der Waals surface area contributed by atoms with Crippen molar-refractivity contribution in [2.24, 2.45) is 35.5 Å². The summed E-state index contributed by atoms with van der Waals surface area (Å²) < 4.78 is 5.18. The lowest BCUT2D eigenvalue weighted by Gasteiger charge is -2.37. The molecule has 2 aromatic rings. The van der Waals surface area contributed by atoms with Crippen LogP contribution in [0.5, 0.6) is 5.75 Å². The SMILES string of the molecule is COc1ccc(CCC(O)c2ccc(N3C(=O)C4C5C=CC(C6CC56)C4C3=O)cc2)cc1Cl. The maximum absolute atomic E-state index is 13.3. The smallest absolute Gasteiger partial charge is 0.238 e. The Bertz CT molecular complexity index is 1120. The van der Waals surface area contributed by atoms with Gasteiger partial charge in [-0.05, 0) is 78.3 Å². The van der Waals surface area contributed by atoms with E-state index in [1.807, 2.05) is 30.3 Å². The number of hydrogen-bond donors (Lipinski definition) is 1. The van der Waals surface area contributed by atoms with Crippen molar-refractivity contribution in [3.05, 3.63) is 70.8 Å². The summed E-state index contributed by atoms with van der Waals surface area (Å²) in [5.41, 5.74) is 2.39. The highest BCUT2D eigenvalue weighted by Crippen LogP contribution is 2.65. The van der Waals surface area contributed by atoms with Crippen molar-refractivity contribution < 1.29 is 19.4 Å². The molecule has 2 bridgehead atoms. The number of hydrogen-bond acceptors (Lipinski definition) is 4. The largest absolute Gasteiger partial charge is 0.495 e. The maximum Gasteiger partial charge on any atom is 0.238 e. The first-order valence-corrected chi connectivity index (χ1v) is 12.0. The van der Waals surface area contributed by atoms with E-state index in [1.54, 1.807) is 19.2 Å². The number of carbonyl (C=O) groups excluding carboxylic acids is 2. The Morgan fingerprint density at radius 1 is 1.03 bits per heavy atom. The molecule has 5 aliphatic rings. The molecule has 4 aliphatic carbocycles. The third-order valence-corrected chi connectivity index (χ3v) is 8.42. The number of imide groups is 1. The van der Waals surface area contributed by atoms with Crippen LogP contribution >= 0.6 is 11.6 Å². The first kappa shape index (κ1) is 20.9. The van der Waals surface area contributed by atoms with Gasteiger partial charge < -0.3 is 9.84 Å². The van der Waals surface area contributed by atoms with Gasteiger partial charge in [0.2, 0.25) is 11.8 Å². The number of amides is 2. The molecule has 0 aromatic heterocycles. The lowest BCUT2D eigenvalue weighted by atomic mass is 9.63. The van der Waals surface area contributed by atoms with E-state index in [0.717, 1.165) is 17.5 Å². The summed E-state index contributed by atoms with van der Waals surface area (Å²) in [6, 6.07) is 12.8. The summed E-state index contributed by atoms with van der Waals surface area (Å²) >= 11 is 6.19. The van der Waals surface area contributed by atoms with Gasteiger partial charge in [-0.1, -0.05) is 42.0 Å². The van der Waals surface area contributed by atoms with Gasteiger partial charge in [-0.3, -0.25) is 14.5 Å². The molecule has 0 spiro atoms. The van der Waals surface area contributed by atoms with Gasteiger partial charge in [0.05, 0.1) is 35.8 Å². The number of anilines is 1. The second-order valence-electron chi connectivity index (χ2n) is 9.78. The average molecular weight is 464 g/mol. The van der Waals surface area contributed by atoms with Gasteiger partial charge in [-0.25, -0.2) is 0 Å². The van der Waals surface area contributed by atoms with Crippen molar-refractivity contribution in [3.8, 4) is 5.75 Å². The van der Waals surface area contributed by atoms with E-state index < -0.39 is 6.10 Å². The number of methoxy groups -OCH3 is 1. The Hall–Kier alpha value is -2.63. The molecule has 1 aliphatic heterocycles. The van der Waals surface area contributed by atoms with Crippen molar-refractivity contribution >= 4 is 29.1 Å². The molecule has 170 valence electrons. The van der Waals surface area contributed by atoms with Crippen LogP contribution in [0.4, 0.5) is 5.69 Å². The van der Waals surface area contributed by atoms with E-state index in [9.17, 15) is 14.7 Å². The second kappa shape index (κ2) is 7.71. The first-order valence-electron chi connectivity index (χ1n) is 11.6. The highest BCUT2D eigenvalue weighted by Gasteiger charge is 2.67. The molecule has 7 atom stereocenters. The van der Waals surface area contributed by atoms with Crippen molar-refractivity contribution in [1.82, 2.24) is 0 Å². The van der Waals surface area contributed by atoms with Crippen LogP contribution in [0, 0.1) is 35.5 Å². The van der Waals surface area contributed by atoms with Crippen molar-refractivity contribution in [3.63, 3.8) is 0 Å². The maximum atomic E-state index is 13.3. The molecular weight excluding hydrogens is 438 g/mol. The Labute approximate surface area is 198 Å². The van der Waals surface area contributed by atoms with Gasteiger partial charge in [-0.2, -0.15) is 0 Å². The summed E-state index contributed by atoms with van der Waals surface area (Å²) in [7, 11) is 1.58. The Balaban J connectivity index is 1.15. The molecule has 1 saturated heterocycles. The van der Waals surface area contributed by atoms with E-state index in [-0.39, 0.29) is 35.5 Å². The number of benzene rings is 2. The zero-order valence-corrected chi connectivity index (χ0v) is 19.1. The van der Waals surface area contributed by atoms with Crippen LogP contribution < -0.4 is 9.64 Å². The number of allylic oxidation sites excluding steroid dienone is 2. The molecule has 3 fully saturated rings. The number of ether oxygens (including phenoxy) is 1. The number of nitrogens with zero attached hydrogens (tertiary/aromatic N) is 1. The number of aryl methyl sites for hydroxylation is 1. The summed E-state index contributed by atoms with van der Waals surface area (Å²) in [4.78, 5) is 27.9. The molecule has 2 saturated carbocycles. The monoisotopic (exact) mass is 463 g/mol. The van der Waals surface area contributed by atoms with E-state index in [2.05, 4.69) is 12.2 Å². The molecular formula is C27H26ClNO4. The summed E-state index contributed by atoms with van der Waals surface area (Å²) in [6.45, 7) is 0. The molecule has 1 N–H and O–H groups in total. The van der Waals surface area contributed by atoms with Crippen LogP contribution in [0.1, 0.15) is 30.1 Å². The minimum absolute atomic E-state index is 0.0561. The molecule has 2 aromatic carbocycles. The molecule has 6 heteroatoms. The number of aliphatic hydroxyl groups excluding tert-OH is 1. The molecule has 2 amide bonds. The Morgan fingerprint density at radius 2 is 1.67 bits per heavy atom. The number of rotatable bonds is 6. The fourth-order valence-corrected chi connectivity index (χ4v) is 6.67. The topological polar surface area (TPSA) is 66.8 Å². The van der Waals surface area contributed by atoms with Crippen molar-refractivity contribution in [2.45, 2.75) is 25.4 Å². The van der Waals surface area contributed by atoms with E-state index >= 15 is 0 Å². The quantitative estimate of drug-likeness (QED) is 0.503. The fraction of sp³-hybridized carbons (Fsp3) is 0.407. The van der Waals surface area contributed by atoms with Gasteiger partial charge in [0.1, 0.15) is 5.75 Å². The summed E-state index contributed by atoms with van der Waals surface area (Å²) in [6.07, 6.45) is 6.07. The van der Waals surface area contributed by atoms with Crippen LogP contribution in [0.25, 0.3) is 0 Å². The average Bonchev–Trinajstić information content (AvgIpc) is 3.61. The van der Waals surface area contributed by atoms with Gasteiger partial charge in [0.25, 0.3) is 0 Å². The van der Waals surface area contributed by atoms with Gasteiger partial charge in [-0.15, -0.1) is 0 Å². The molecule has 5 nitrogen and oxygen atoms in total. The zero-order valence-electron chi connectivity index (χ0n) is 18.4. The minimum Gasteiger partial charge on any atom is -0.495 e.